The van der Waals surface area contributed by atoms with Gasteiger partial charge in [0.15, 0.2) is 11.8 Å². The van der Waals surface area contributed by atoms with E-state index in [9.17, 15) is 14.4 Å². The largest absolute Gasteiger partial charge is 0.448 e. The summed E-state index contributed by atoms with van der Waals surface area (Å²) >= 11 is 0. The number of rotatable bonds is 6. The molecule has 8 nitrogen and oxygen atoms in total. The number of carbonyl (C=O) groups is 2. The van der Waals surface area contributed by atoms with E-state index in [2.05, 4.69) is 10.4 Å². The minimum atomic E-state index is -0.993. The van der Waals surface area contributed by atoms with Crippen LogP contribution in [-0.4, -0.2) is 48.0 Å². The number of nitrogens with one attached hydrogen (secondary N) is 1. The summed E-state index contributed by atoms with van der Waals surface area (Å²) < 4.78 is 11.1. The molecule has 0 bridgehead atoms. The molecule has 1 N–H and O–H groups in total. The zero-order chi connectivity index (χ0) is 17.7. The second-order valence-corrected chi connectivity index (χ2v) is 5.15. The van der Waals surface area contributed by atoms with E-state index in [1.165, 1.54) is 21.1 Å². The van der Waals surface area contributed by atoms with Crippen LogP contribution in [0.2, 0.25) is 0 Å². The van der Waals surface area contributed by atoms with Crippen molar-refractivity contribution in [3.63, 3.8) is 0 Å². The third-order valence-electron chi connectivity index (χ3n) is 3.41. The zero-order valence-electron chi connectivity index (χ0n) is 13.7. The Balaban J connectivity index is 2.21. The lowest BCUT2D eigenvalue weighted by Crippen LogP contribution is -2.37. The number of hydrogen-bond acceptors (Lipinski definition) is 6. The summed E-state index contributed by atoms with van der Waals surface area (Å²) in [5, 5.41) is 7.29. The molecule has 1 atom stereocenters. The Kier molecular flexibility index (Phi) is 5.64. The van der Waals surface area contributed by atoms with Crippen molar-refractivity contribution in [3.8, 4) is 0 Å². The lowest BCUT2D eigenvalue weighted by atomic mass is 10.1. The molecule has 128 valence electrons. The first kappa shape index (κ1) is 17.6. The highest BCUT2D eigenvalue weighted by Gasteiger charge is 2.22. The van der Waals surface area contributed by atoms with Gasteiger partial charge in [0, 0.05) is 26.1 Å². The average Bonchev–Trinajstić information content (AvgIpc) is 2.58. The molecule has 1 aromatic carbocycles. The van der Waals surface area contributed by atoms with Crippen LogP contribution in [0.3, 0.4) is 0 Å². The van der Waals surface area contributed by atoms with Crippen LogP contribution < -0.4 is 10.9 Å². The first-order chi connectivity index (χ1) is 11.5. The molecule has 0 aliphatic carbocycles. The van der Waals surface area contributed by atoms with Gasteiger partial charge in [-0.05, 0) is 13.0 Å². The molecule has 2 rings (SSSR count). The second kappa shape index (κ2) is 7.69. The molecule has 0 radical (unpaired) electrons. The van der Waals surface area contributed by atoms with Crippen molar-refractivity contribution in [2.75, 3.05) is 20.3 Å². The SMILES string of the molecule is COCCNC(=O)[C@H](C)OC(=O)c1nn(C)c(=O)c2ccccc12. The third kappa shape index (κ3) is 3.77. The Labute approximate surface area is 138 Å². The van der Waals surface area contributed by atoms with Crippen molar-refractivity contribution in [2.45, 2.75) is 13.0 Å². The minimum Gasteiger partial charge on any atom is -0.448 e. The molecular weight excluding hydrogens is 314 g/mol. The van der Waals surface area contributed by atoms with Crippen molar-refractivity contribution in [2.24, 2.45) is 7.05 Å². The van der Waals surface area contributed by atoms with Crippen LogP contribution in [0.1, 0.15) is 17.4 Å². The Morgan fingerprint density at radius 2 is 1.96 bits per heavy atom. The molecule has 1 heterocycles. The van der Waals surface area contributed by atoms with Gasteiger partial charge in [-0.2, -0.15) is 5.10 Å². The highest BCUT2D eigenvalue weighted by atomic mass is 16.5. The van der Waals surface area contributed by atoms with Crippen LogP contribution in [0.25, 0.3) is 10.8 Å². The van der Waals surface area contributed by atoms with Crippen molar-refractivity contribution in [3.05, 3.63) is 40.3 Å². The van der Waals surface area contributed by atoms with Crippen molar-refractivity contribution in [1.82, 2.24) is 15.1 Å². The van der Waals surface area contributed by atoms with Crippen LogP contribution in [0.4, 0.5) is 0 Å². The first-order valence-corrected chi connectivity index (χ1v) is 7.39. The number of hydrogen-bond donors (Lipinski definition) is 1. The maximum absolute atomic E-state index is 12.4. The number of carbonyl (C=O) groups excluding carboxylic acids is 2. The molecule has 0 fully saturated rings. The summed E-state index contributed by atoms with van der Waals surface area (Å²) in [6.07, 6.45) is -0.993. The number of benzene rings is 1. The van der Waals surface area contributed by atoms with Gasteiger partial charge < -0.3 is 14.8 Å². The Bertz CT molecular complexity index is 815. The van der Waals surface area contributed by atoms with Gasteiger partial charge in [-0.15, -0.1) is 0 Å². The van der Waals surface area contributed by atoms with Crippen molar-refractivity contribution >= 4 is 22.6 Å². The number of amides is 1. The van der Waals surface area contributed by atoms with Gasteiger partial charge >= 0.3 is 5.97 Å². The monoisotopic (exact) mass is 333 g/mol. The fourth-order valence-corrected chi connectivity index (χ4v) is 2.14. The summed E-state index contributed by atoms with van der Waals surface area (Å²) in [6, 6.07) is 6.62. The average molecular weight is 333 g/mol. The van der Waals surface area contributed by atoms with Crippen LogP contribution in [0, 0.1) is 0 Å². The van der Waals surface area contributed by atoms with Crippen molar-refractivity contribution < 1.29 is 19.1 Å². The lowest BCUT2D eigenvalue weighted by Gasteiger charge is -2.14. The lowest BCUT2D eigenvalue weighted by molar-refractivity contribution is -0.129. The molecular formula is C16H19N3O5. The maximum atomic E-state index is 12.4. The van der Waals surface area contributed by atoms with Crippen LogP contribution in [0.5, 0.6) is 0 Å². The van der Waals surface area contributed by atoms with Gasteiger partial charge in [0.05, 0.1) is 12.0 Å². The van der Waals surface area contributed by atoms with Gasteiger partial charge in [-0.25, -0.2) is 9.48 Å². The molecule has 0 aliphatic heterocycles. The number of aryl methyl sites for hydroxylation is 1. The second-order valence-electron chi connectivity index (χ2n) is 5.15. The summed E-state index contributed by atoms with van der Waals surface area (Å²) in [7, 11) is 2.97. The Hall–Kier alpha value is -2.74. The molecule has 1 amide bonds. The molecule has 8 heteroatoms. The van der Waals surface area contributed by atoms with E-state index in [-0.39, 0.29) is 11.3 Å². The summed E-state index contributed by atoms with van der Waals surface area (Å²) in [5.41, 5.74) is -0.322. The number of nitrogens with zero attached hydrogens (tertiary/aromatic N) is 2. The Morgan fingerprint density at radius 1 is 1.29 bits per heavy atom. The number of esters is 1. The van der Waals surface area contributed by atoms with Gasteiger partial charge in [-0.3, -0.25) is 9.59 Å². The van der Waals surface area contributed by atoms with Gasteiger partial charge in [0.1, 0.15) is 0 Å². The van der Waals surface area contributed by atoms with Gasteiger partial charge in [0.25, 0.3) is 11.5 Å². The Morgan fingerprint density at radius 3 is 2.62 bits per heavy atom. The molecule has 0 saturated carbocycles. The predicted octanol–water partition coefficient (Wildman–Crippen LogP) is 0.241. The fraction of sp³-hybridized carbons (Fsp3) is 0.375. The third-order valence-corrected chi connectivity index (χ3v) is 3.41. The van der Waals surface area contributed by atoms with E-state index in [1.807, 2.05) is 0 Å². The summed E-state index contributed by atoms with van der Waals surface area (Å²) in [6.45, 7) is 2.14. The van der Waals surface area contributed by atoms with E-state index >= 15 is 0 Å². The topological polar surface area (TPSA) is 99.5 Å². The smallest absolute Gasteiger partial charge is 0.360 e. The van der Waals surface area contributed by atoms with E-state index in [0.29, 0.717) is 23.9 Å². The quantitative estimate of drug-likeness (QED) is 0.600. The van der Waals surface area contributed by atoms with E-state index in [0.717, 1.165) is 4.68 Å². The highest BCUT2D eigenvalue weighted by molar-refractivity contribution is 6.02. The predicted molar refractivity (Wildman–Crippen MR) is 86.7 cm³/mol. The normalized spacial score (nSPS) is 12.0. The molecule has 24 heavy (non-hydrogen) atoms. The summed E-state index contributed by atoms with van der Waals surface area (Å²) in [4.78, 5) is 36.3. The van der Waals surface area contributed by atoms with Gasteiger partial charge in [-0.1, -0.05) is 18.2 Å². The minimum absolute atomic E-state index is 0.00996. The number of ether oxygens (including phenoxy) is 2. The number of methoxy groups -OCH3 is 1. The fourth-order valence-electron chi connectivity index (χ4n) is 2.14. The molecule has 0 saturated heterocycles. The zero-order valence-corrected chi connectivity index (χ0v) is 13.7. The first-order valence-electron chi connectivity index (χ1n) is 7.39. The molecule has 0 unspecified atom stereocenters. The van der Waals surface area contributed by atoms with Crippen LogP contribution in [-0.2, 0) is 21.3 Å². The van der Waals surface area contributed by atoms with Crippen LogP contribution in [0.15, 0.2) is 29.1 Å². The van der Waals surface area contributed by atoms with Crippen LogP contribution >= 0.6 is 0 Å². The number of fused-ring (bicyclic) bond motifs is 1. The molecule has 0 spiro atoms. The highest BCUT2D eigenvalue weighted by Crippen LogP contribution is 2.14. The maximum Gasteiger partial charge on any atom is 0.360 e. The number of aromatic nitrogens is 2. The standard InChI is InChI=1S/C16H19N3O5/c1-10(14(20)17-8-9-23-3)24-16(22)13-11-6-4-5-7-12(11)15(21)19(2)18-13/h4-7,10H,8-9H2,1-3H3,(H,17,20)/t10-/m0/s1. The van der Waals surface area contributed by atoms with E-state index in [1.54, 1.807) is 24.3 Å². The van der Waals surface area contributed by atoms with Gasteiger partial charge in [0.2, 0.25) is 0 Å². The van der Waals surface area contributed by atoms with E-state index in [4.69, 9.17) is 9.47 Å². The molecule has 2 aromatic rings. The van der Waals surface area contributed by atoms with Crippen molar-refractivity contribution in [1.29, 1.82) is 0 Å². The summed E-state index contributed by atoms with van der Waals surface area (Å²) in [5.74, 6) is -1.20. The van der Waals surface area contributed by atoms with E-state index < -0.39 is 18.0 Å². The molecule has 1 aromatic heterocycles. The molecule has 0 aliphatic rings.